The van der Waals surface area contributed by atoms with Crippen molar-refractivity contribution < 1.29 is 44.1 Å². The van der Waals surface area contributed by atoms with E-state index in [2.05, 4.69) is 20.9 Å². The molecule has 17 nitrogen and oxygen atoms in total. The number of nitrogens with two attached hydrogens (primary N) is 4. The molecule has 4 unspecified atom stereocenters. The Morgan fingerprint density at radius 2 is 1.29 bits per heavy atom. The lowest BCUT2D eigenvalue weighted by Crippen LogP contribution is -2.57. The lowest BCUT2D eigenvalue weighted by Gasteiger charge is -2.25. The number of aliphatic imine (C=N–C) groups is 1. The Bertz CT molecular complexity index is 1140. The van der Waals surface area contributed by atoms with E-state index in [0.29, 0.717) is 12.0 Å². The number of aromatic hydroxyl groups is 1. The summed E-state index contributed by atoms with van der Waals surface area (Å²) in [5, 5.41) is 35.2. The van der Waals surface area contributed by atoms with Crippen molar-refractivity contribution >= 4 is 41.5 Å². The summed E-state index contributed by atoms with van der Waals surface area (Å²) in [5.74, 6) is -6.34. The third-order valence-corrected chi connectivity index (χ3v) is 5.89. The van der Waals surface area contributed by atoms with Gasteiger partial charge in [0.15, 0.2) is 5.96 Å². The van der Waals surface area contributed by atoms with Crippen LogP contribution in [0.5, 0.6) is 5.75 Å². The summed E-state index contributed by atoms with van der Waals surface area (Å²) in [4.78, 5) is 76.9. The number of nitrogens with zero attached hydrogens (tertiary/aromatic N) is 1. The van der Waals surface area contributed by atoms with Gasteiger partial charge in [-0.1, -0.05) is 12.1 Å². The van der Waals surface area contributed by atoms with Crippen LogP contribution >= 0.6 is 0 Å². The van der Waals surface area contributed by atoms with Gasteiger partial charge >= 0.3 is 11.9 Å². The van der Waals surface area contributed by atoms with Gasteiger partial charge in [0.25, 0.3) is 0 Å². The maximum atomic E-state index is 13.1. The third-order valence-electron chi connectivity index (χ3n) is 5.89. The molecule has 1 aromatic carbocycles. The predicted octanol–water partition coefficient (Wildman–Crippen LogP) is -3.02. The van der Waals surface area contributed by atoms with E-state index in [-0.39, 0.29) is 43.9 Å². The van der Waals surface area contributed by atoms with Crippen LogP contribution in [-0.4, -0.2) is 87.6 Å². The summed E-state index contributed by atoms with van der Waals surface area (Å²) in [6.45, 7) is 0.208. The van der Waals surface area contributed by atoms with Crippen LogP contribution in [0.2, 0.25) is 0 Å². The zero-order valence-corrected chi connectivity index (χ0v) is 22.8. The zero-order chi connectivity index (χ0) is 31.8. The molecule has 0 aliphatic rings. The lowest BCUT2D eigenvalue weighted by atomic mass is 10.0. The minimum absolute atomic E-state index is 0.0454. The van der Waals surface area contributed by atoms with Crippen molar-refractivity contribution in [3.63, 3.8) is 0 Å². The van der Waals surface area contributed by atoms with Crippen molar-refractivity contribution in [3.8, 4) is 5.75 Å². The smallest absolute Gasteiger partial charge is 0.326 e. The topological polar surface area (TPSA) is 316 Å². The van der Waals surface area contributed by atoms with E-state index < -0.39 is 72.6 Å². The van der Waals surface area contributed by atoms with Crippen molar-refractivity contribution in [2.45, 2.75) is 69.1 Å². The monoisotopic (exact) mass is 594 g/mol. The number of hydrogen-bond acceptors (Lipinski definition) is 9. The molecule has 4 atom stereocenters. The van der Waals surface area contributed by atoms with Crippen LogP contribution in [0.1, 0.15) is 44.1 Å². The highest BCUT2D eigenvalue weighted by Gasteiger charge is 2.31. The number of carboxylic acid groups (broad SMARTS) is 2. The highest BCUT2D eigenvalue weighted by atomic mass is 16.4. The minimum Gasteiger partial charge on any atom is -0.508 e. The number of amides is 4. The fourth-order valence-electron chi connectivity index (χ4n) is 3.63. The maximum Gasteiger partial charge on any atom is 0.326 e. The molecule has 0 fully saturated rings. The standard InChI is InChI=1S/C25H38N8O9/c26-15(2-1-11-30-25(28)29)21(38)31-16(7-9-19(27)35)22(39)32-17(8-10-20(36)37)23(40)33-18(24(41)42)12-13-3-5-14(34)6-4-13/h3-6,15-18,34H,1-2,7-12,26H2,(H2,27,35)(H,31,38)(H,32,39)(H,33,40)(H,36,37)(H,41,42)(H4,28,29,30). The highest BCUT2D eigenvalue weighted by molar-refractivity contribution is 5.94. The Morgan fingerprint density at radius 3 is 1.79 bits per heavy atom. The van der Waals surface area contributed by atoms with Gasteiger partial charge < -0.3 is 54.2 Å². The fourth-order valence-corrected chi connectivity index (χ4v) is 3.63. The Balaban J connectivity index is 3.03. The van der Waals surface area contributed by atoms with E-state index in [1.54, 1.807) is 0 Å². The third kappa shape index (κ3) is 13.9. The number of phenols is 1. The van der Waals surface area contributed by atoms with Gasteiger partial charge in [-0.3, -0.25) is 29.0 Å². The van der Waals surface area contributed by atoms with Gasteiger partial charge in [0.05, 0.1) is 6.04 Å². The zero-order valence-electron chi connectivity index (χ0n) is 22.8. The molecule has 17 heteroatoms. The van der Waals surface area contributed by atoms with E-state index in [4.69, 9.17) is 28.0 Å². The van der Waals surface area contributed by atoms with Crippen LogP contribution in [0, 0.1) is 0 Å². The second kappa shape index (κ2) is 17.7. The highest BCUT2D eigenvalue weighted by Crippen LogP contribution is 2.12. The van der Waals surface area contributed by atoms with Gasteiger partial charge in [0.1, 0.15) is 23.9 Å². The molecule has 1 aromatic rings. The Labute approximate surface area is 241 Å². The molecule has 14 N–H and O–H groups in total. The molecular weight excluding hydrogens is 556 g/mol. The second-order valence-electron chi connectivity index (χ2n) is 9.39. The number of benzene rings is 1. The molecule has 0 bridgehead atoms. The summed E-state index contributed by atoms with van der Waals surface area (Å²) < 4.78 is 0. The van der Waals surface area contributed by atoms with Gasteiger partial charge in [-0.2, -0.15) is 0 Å². The van der Waals surface area contributed by atoms with Crippen molar-refractivity contribution in [2.75, 3.05) is 6.54 Å². The molecular formula is C25H38N8O9. The normalized spacial score (nSPS) is 13.5. The molecule has 4 amide bonds. The first kappa shape index (κ1) is 35.1. The van der Waals surface area contributed by atoms with Gasteiger partial charge in [-0.15, -0.1) is 0 Å². The van der Waals surface area contributed by atoms with Crippen LogP contribution < -0.4 is 38.9 Å². The summed E-state index contributed by atoms with van der Waals surface area (Å²) in [6, 6.07) is 0.138. The van der Waals surface area contributed by atoms with E-state index in [1.807, 2.05) is 0 Å². The number of rotatable bonds is 19. The number of guanidine groups is 1. The van der Waals surface area contributed by atoms with Crippen molar-refractivity contribution in [1.82, 2.24) is 16.0 Å². The fraction of sp³-hybridized carbons (Fsp3) is 0.480. The molecule has 0 aliphatic heterocycles. The van der Waals surface area contributed by atoms with E-state index >= 15 is 0 Å². The van der Waals surface area contributed by atoms with Crippen molar-refractivity contribution in [1.29, 1.82) is 0 Å². The van der Waals surface area contributed by atoms with Crippen LogP contribution in [0.3, 0.4) is 0 Å². The molecule has 0 saturated carbocycles. The maximum absolute atomic E-state index is 13.1. The molecule has 0 aliphatic carbocycles. The molecule has 42 heavy (non-hydrogen) atoms. The molecule has 0 radical (unpaired) electrons. The summed E-state index contributed by atoms with van der Waals surface area (Å²) in [5.41, 5.74) is 22.0. The van der Waals surface area contributed by atoms with E-state index in [9.17, 15) is 39.0 Å². The Kier molecular flexibility index (Phi) is 14.8. The molecule has 232 valence electrons. The Morgan fingerprint density at radius 1 is 0.762 bits per heavy atom. The largest absolute Gasteiger partial charge is 0.508 e. The number of phenolic OH excluding ortho intramolecular Hbond substituents is 1. The number of hydrogen-bond donors (Lipinski definition) is 10. The number of nitrogens with one attached hydrogen (secondary N) is 3. The van der Waals surface area contributed by atoms with Gasteiger partial charge in [-0.25, -0.2) is 4.79 Å². The van der Waals surface area contributed by atoms with Crippen LogP contribution in [0.25, 0.3) is 0 Å². The molecule has 1 rings (SSSR count). The van der Waals surface area contributed by atoms with Gasteiger partial charge in [-0.05, 0) is 43.4 Å². The predicted molar refractivity (Wildman–Crippen MR) is 148 cm³/mol. The van der Waals surface area contributed by atoms with Gasteiger partial charge in [0.2, 0.25) is 23.6 Å². The first-order valence-electron chi connectivity index (χ1n) is 12.9. The average Bonchev–Trinajstić information content (AvgIpc) is 2.91. The summed E-state index contributed by atoms with van der Waals surface area (Å²) in [6.07, 6.45) is -1.26. The van der Waals surface area contributed by atoms with Crippen molar-refractivity contribution in [3.05, 3.63) is 29.8 Å². The first-order valence-corrected chi connectivity index (χ1v) is 12.9. The minimum atomic E-state index is -1.52. The number of carbonyl (C=O) groups is 6. The lowest BCUT2D eigenvalue weighted by molar-refractivity contribution is -0.143. The molecule has 0 aromatic heterocycles. The summed E-state index contributed by atoms with van der Waals surface area (Å²) >= 11 is 0. The van der Waals surface area contributed by atoms with E-state index in [1.165, 1.54) is 24.3 Å². The number of carboxylic acids is 2. The van der Waals surface area contributed by atoms with Crippen LogP contribution in [0.4, 0.5) is 0 Å². The number of primary amides is 1. The summed E-state index contributed by atoms with van der Waals surface area (Å²) in [7, 11) is 0. The number of carbonyl (C=O) groups excluding carboxylic acids is 4. The second-order valence-corrected chi connectivity index (χ2v) is 9.39. The van der Waals surface area contributed by atoms with E-state index in [0.717, 1.165) is 0 Å². The Hall–Kier alpha value is -4.93. The first-order chi connectivity index (χ1) is 19.7. The SMILES string of the molecule is NC(=O)CCC(NC(=O)C(N)CCCN=C(N)N)C(=O)NC(CCC(=O)O)C(=O)NC(Cc1ccc(O)cc1)C(=O)O. The number of aliphatic carboxylic acids is 2. The van der Waals surface area contributed by atoms with Gasteiger partial charge in [0, 0.05) is 25.8 Å². The molecule has 0 spiro atoms. The van der Waals surface area contributed by atoms with Crippen LogP contribution in [0.15, 0.2) is 29.3 Å². The quantitative estimate of drug-likeness (QED) is 0.0435. The molecule has 0 heterocycles. The van der Waals surface area contributed by atoms with Crippen molar-refractivity contribution in [2.24, 2.45) is 27.9 Å². The molecule has 0 saturated heterocycles. The van der Waals surface area contributed by atoms with Crippen LogP contribution in [-0.2, 0) is 35.2 Å². The average molecular weight is 595 g/mol.